The van der Waals surface area contributed by atoms with Crippen molar-refractivity contribution in [3.63, 3.8) is 0 Å². The van der Waals surface area contributed by atoms with Crippen LogP contribution in [0.4, 0.5) is 0 Å². The van der Waals surface area contributed by atoms with Crippen LogP contribution in [0.15, 0.2) is 35.3 Å². The Balaban J connectivity index is 2.67. The van der Waals surface area contributed by atoms with Crippen molar-refractivity contribution in [1.82, 2.24) is 9.88 Å². The number of aromatic nitrogens is 1. The van der Waals surface area contributed by atoms with Crippen LogP contribution in [0.1, 0.15) is 5.01 Å². The Kier molecular flexibility index (Phi) is 3.40. The Morgan fingerprint density at radius 3 is 2.83 bits per heavy atom. The minimum atomic E-state index is -0.292. The number of rotatable bonds is 2. The van der Waals surface area contributed by atoms with E-state index in [-0.39, 0.29) is 5.56 Å². The van der Waals surface area contributed by atoms with Crippen LogP contribution < -0.4 is 5.56 Å². The normalized spacial score (nSPS) is 11.3. The second kappa shape index (κ2) is 4.98. The maximum atomic E-state index is 11.9. The van der Waals surface area contributed by atoms with E-state index in [1.165, 1.54) is 11.3 Å². The fourth-order valence-electron chi connectivity index (χ4n) is 1.52. The summed E-state index contributed by atoms with van der Waals surface area (Å²) in [6.45, 7) is 0. The van der Waals surface area contributed by atoms with Crippen LogP contribution in [0.25, 0.3) is 15.7 Å². The molecule has 0 spiro atoms. The molecule has 0 aliphatic carbocycles. The van der Waals surface area contributed by atoms with E-state index in [1.807, 2.05) is 26.2 Å². The largest absolute Gasteiger partial charge is 0.382 e. The van der Waals surface area contributed by atoms with Crippen LogP contribution >= 0.6 is 11.3 Å². The number of hydrogen-bond donors (Lipinski definition) is 0. The summed E-state index contributed by atoms with van der Waals surface area (Å²) in [6.07, 6.45) is 1.66. The molecule has 0 radical (unpaired) electrons. The van der Waals surface area contributed by atoms with Gasteiger partial charge in [-0.25, -0.2) is 0 Å². The van der Waals surface area contributed by atoms with E-state index in [1.54, 1.807) is 23.2 Å². The third kappa shape index (κ3) is 2.39. The highest BCUT2D eigenvalue weighted by atomic mass is 32.1. The molecule has 0 saturated heterocycles. The summed E-state index contributed by atoms with van der Waals surface area (Å²) in [6, 6.07) is 9.34. The highest BCUT2D eigenvalue weighted by Crippen LogP contribution is 2.22. The number of fused-ring (bicyclic) bond motifs is 1. The van der Waals surface area contributed by atoms with E-state index < -0.39 is 0 Å². The molecule has 0 saturated carbocycles. The third-order valence-electron chi connectivity index (χ3n) is 2.27. The summed E-state index contributed by atoms with van der Waals surface area (Å²) in [5, 5.41) is 10.2. The Hall–Kier alpha value is -2.19. The second-order valence-corrected chi connectivity index (χ2v) is 4.97. The lowest BCUT2D eigenvalue weighted by Gasteiger charge is -2.05. The van der Waals surface area contributed by atoms with Gasteiger partial charge in [-0.15, -0.1) is 11.3 Å². The smallest absolute Gasteiger partial charge is 0.279 e. The highest BCUT2D eigenvalue weighted by Gasteiger charge is 2.08. The third-order valence-corrected chi connectivity index (χ3v) is 3.35. The van der Waals surface area contributed by atoms with Crippen LogP contribution in [0.5, 0.6) is 0 Å². The van der Waals surface area contributed by atoms with Gasteiger partial charge in [0.2, 0.25) is 0 Å². The summed E-state index contributed by atoms with van der Waals surface area (Å²) < 4.78 is 0.840. The molecule has 1 heterocycles. The summed E-state index contributed by atoms with van der Waals surface area (Å²) in [4.78, 5) is 17.6. The van der Waals surface area contributed by atoms with E-state index in [9.17, 15) is 4.79 Å². The predicted molar refractivity (Wildman–Crippen MR) is 73.2 cm³/mol. The maximum Gasteiger partial charge on any atom is 0.279 e. The molecule has 0 fully saturated rings. The first kappa shape index (κ1) is 12.3. The van der Waals surface area contributed by atoms with Crippen molar-refractivity contribution in [3.05, 3.63) is 45.8 Å². The van der Waals surface area contributed by atoms with Gasteiger partial charge in [-0.1, -0.05) is 12.1 Å². The monoisotopic (exact) mass is 257 g/mol. The molecule has 2 rings (SSSR count). The molecule has 2 aromatic rings. The molecule has 0 unspecified atom stereocenters. The average Bonchev–Trinajstić information content (AvgIpc) is 2.35. The molecule has 4 nitrogen and oxygen atoms in total. The summed E-state index contributed by atoms with van der Waals surface area (Å²) in [7, 11) is 3.64. The van der Waals surface area contributed by atoms with Gasteiger partial charge in [-0.2, -0.15) is 10.2 Å². The number of benzene rings is 1. The van der Waals surface area contributed by atoms with Crippen LogP contribution in [0.2, 0.25) is 0 Å². The van der Waals surface area contributed by atoms with Crippen molar-refractivity contribution in [3.8, 4) is 6.07 Å². The van der Waals surface area contributed by atoms with E-state index in [2.05, 4.69) is 11.1 Å². The molecule has 1 aromatic carbocycles. The zero-order valence-corrected chi connectivity index (χ0v) is 10.9. The first-order chi connectivity index (χ1) is 8.61. The Morgan fingerprint density at radius 2 is 2.17 bits per heavy atom. The standard InChI is InChI=1S/C13H11N3OS/c1-16(2)8-9(7-14)13-15-12(17)10-5-3-4-6-11(10)18-13/h3-6,8H,1-2H3/b9-8-. The van der Waals surface area contributed by atoms with Crippen LogP contribution in [0.3, 0.4) is 0 Å². The maximum absolute atomic E-state index is 11.9. The lowest BCUT2D eigenvalue weighted by atomic mass is 10.3. The molecule has 0 amide bonds. The van der Waals surface area contributed by atoms with Crippen molar-refractivity contribution in [2.45, 2.75) is 0 Å². The fourth-order valence-corrected chi connectivity index (χ4v) is 2.47. The molecule has 0 bridgehead atoms. The summed E-state index contributed by atoms with van der Waals surface area (Å²) >= 11 is 1.35. The van der Waals surface area contributed by atoms with Crippen molar-refractivity contribution >= 4 is 27.0 Å². The molecule has 0 atom stereocenters. The molecule has 0 aliphatic rings. The lowest BCUT2D eigenvalue weighted by Crippen LogP contribution is -2.08. The minimum Gasteiger partial charge on any atom is -0.382 e. The Labute approximate surface area is 108 Å². The molecular weight excluding hydrogens is 246 g/mol. The molecular formula is C13H11N3OS. The first-order valence-corrected chi connectivity index (χ1v) is 6.12. The van der Waals surface area contributed by atoms with E-state index >= 15 is 0 Å². The zero-order valence-electron chi connectivity index (χ0n) is 10.0. The second-order valence-electron chi connectivity index (χ2n) is 3.94. The van der Waals surface area contributed by atoms with Gasteiger partial charge in [0.15, 0.2) is 0 Å². The molecule has 1 aromatic heterocycles. The van der Waals surface area contributed by atoms with E-state index in [0.29, 0.717) is 16.0 Å². The van der Waals surface area contributed by atoms with Gasteiger partial charge in [-0.3, -0.25) is 4.79 Å². The van der Waals surface area contributed by atoms with E-state index in [4.69, 9.17) is 5.26 Å². The SMILES string of the molecule is CN(C)/C=C(/C#N)c1nc(=O)c2ccccc2s1. The summed E-state index contributed by atoms with van der Waals surface area (Å²) in [5.74, 6) is 0. The molecule has 0 N–H and O–H groups in total. The van der Waals surface area contributed by atoms with Gasteiger partial charge in [0.1, 0.15) is 16.6 Å². The highest BCUT2D eigenvalue weighted by molar-refractivity contribution is 7.19. The lowest BCUT2D eigenvalue weighted by molar-refractivity contribution is 0.566. The Morgan fingerprint density at radius 1 is 1.44 bits per heavy atom. The van der Waals surface area contributed by atoms with Crippen LogP contribution in [-0.2, 0) is 0 Å². The topological polar surface area (TPSA) is 57.0 Å². The van der Waals surface area contributed by atoms with Gasteiger partial charge >= 0.3 is 0 Å². The van der Waals surface area contributed by atoms with Gasteiger partial charge < -0.3 is 4.90 Å². The number of nitriles is 1. The predicted octanol–water partition coefficient (Wildman–Crippen LogP) is 2.08. The number of nitrogens with zero attached hydrogens (tertiary/aromatic N) is 3. The van der Waals surface area contributed by atoms with Crippen LogP contribution in [-0.4, -0.2) is 24.0 Å². The molecule has 90 valence electrons. The van der Waals surface area contributed by atoms with Gasteiger partial charge in [0.05, 0.1) is 5.39 Å². The molecule has 5 heteroatoms. The van der Waals surface area contributed by atoms with Crippen molar-refractivity contribution < 1.29 is 0 Å². The minimum absolute atomic E-state index is 0.292. The number of allylic oxidation sites excluding steroid dienone is 1. The van der Waals surface area contributed by atoms with Crippen molar-refractivity contribution in [1.29, 1.82) is 5.26 Å². The quantitative estimate of drug-likeness (QED) is 0.773. The van der Waals surface area contributed by atoms with Crippen LogP contribution in [0, 0.1) is 11.3 Å². The average molecular weight is 257 g/mol. The zero-order chi connectivity index (χ0) is 13.1. The van der Waals surface area contributed by atoms with Gasteiger partial charge in [0.25, 0.3) is 5.56 Å². The molecule has 18 heavy (non-hydrogen) atoms. The fraction of sp³-hybridized carbons (Fsp3) is 0.154. The van der Waals surface area contributed by atoms with Crippen molar-refractivity contribution in [2.24, 2.45) is 0 Å². The van der Waals surface area contributed by atoms with E-state index in [0.717, 1.165) is 4.70 Å². The van der Waals surface area contributed by atoms with Crippen molar-refractivity contribution in [2.75, 3.05) is 14.1 Å². The van der Waals surface area contributed by atoms with Gasteiger partial charge in [-0.05, 0) is 12.1 Å². The first-order valence-electron chi connectivity index (χ1n) is 5.30. The Bertz CT molecular complexity index is 710. The summed E-state index contributed by atoms with van der Waals surface area (Å²) in [5.41, 5.74) is 0.104. The molecule has 0 aliphatic heterocycles. The van der Waals surface area contributed by atoms with Gasteiger partial charge in [0, 0.05) is 25.0 Å². The number of hydrogen-bond acceptors (Lipinski definition) is 5.